The van der Waals surface area contributed by atoms with E-state index in [-0.39, 0.29) is 12.5 Å². The van der Waals surface area contributed by atoms with Crippen LogP contribution in [0.5, 0.6) is 5.88 Å². The van der Waals surface area contributed by atoms with Gasteiger partial charge >= 0.3 is 0 Å². The van der Waals surface area contributed by atoms with Crippen LogP contribution in [0.2, 0.25) is 0 Å². The van der Waals surface area contributed by atoms with Crippen LogP contribution in [0.4, 0.5) is 0 Å². The third-order valence-corrected chi connectivity index (χ3v) is 1.83. The lowest BCUT2D eigenvalue weighted by Crippen LogP contribution is -1.99. The number of hydrogen-bond acceptors (Lipinski definition) is 4. The van der Waals surface area contributed by atoms with Crippen molar-refractivity contribution in [3.8, 4) is 11.7 Å². The van der Waals surface area contributed by atoms with Crippen molar-refractivity contribution in [3.63, 3.8) is 0 Å². The normalized spacial score (nSPS) is 10.4. The van der Waals surface area contributed by atoms with Crippen LogP contribution in [0.25, 0.3) is 5.82 Å². The van der Waals surface area contributed by atoms with E-state index in [0.717, 1.165) is 5.56 Å². The molecule has 14 heavy (non-hydrogen) atoms. The van der Waals surface area contributed by atoms with E-state index in [9.17, 15) is 5.11 Å². The van der Waals surface area contributed by atoms with Crippen molar-refractivity contribution in [1.29, 1.82) is 0 Å². The Labute approximate surface area is 80.3 Å². The van der Waals surface area contributed by atoms with Gasteiger partial charge in [0.15, 0.2) is 5.82 Å². The minimum absolute atomic E-state index is 0.0209. The van der Waals surface area contributed by atoms with Gasteiger partial charge in [-0.15, -0.1) is 0 Å². The summed E-state index contributed by atoms with van der Waals surface area (Å²) in [6.45, 7) is -0.0580. The molecule has 0 aliphatic rings. The lowest BCUT2D eigenvalue weighted by Gasteiger charge is -2.02. The van der Waals surface area contributed by atoms with Gasteiger partial charge in [-0.1, -0.05) is 0 Å². The molecule has 5 nitrogen and oxygen atoms in total. The monoisotopic (exact) mass is 191 g/mol. The lowest BCUT2D eigenvalue weighted by molar-refractivity contribution is 0.281. The molecule has 0 amide bonds. The standard InChI is InChI=1S/C9H9N3O2/c13-6-7-1-3-10-8(5-7)12-9(14)2-4-11-12/h1-5,13-14H,6H2. The predicted molar refractivity (Wildman–Crippen MR) is 48.9 cm³/mol. The number of hydrogen-bond donors (Lipinski definition) is 2. The molecule has 2 heterocycles. The van der Waals surface area contributed by atoms with E-state index in [2.05, 4.69) is 10.1 Å². The molecule has 0 saturated carbocycles. The molecule has 2 aromatic heterocycles. The number of pyridine rings is 1. The maximum Gasteiger partial charge on any atom is 0.215 e. The molecule has 0 unspecified atom stereocenters. The minimum Gasteiger partial charge on any atom is -0.493 e. The third kappa shape index (κ3) is 1.45. The first-order valence-electron chi connectivity index (χ1n) is 4.10. The van der Waals surface area contributed by atoms with Gasteiger partial charge in [-0.05, 0) is 17.7 Å². The zero-order valence-electron chi connectivity index (χ0n) is 7.33. The number of aliphatic hydroxyl groups is 1. The molecule has 5 heteroatoms. The molecule has 0 bridgehead atoms. The lowest BCUT2D eigenvalue weighted by atomic mass is 10.3. The molecule has 2 rings (SSSR count). The van der Waals surface area contributed by atoms with Gasteiger partial charge in [0.05, 0.1) is 12.8 Å². The van der Waals surface area contributed by atoms with Crippen LogP contribution in [0.15, 0.2) is 30.6 Å². The zero-order chi connectivity index (χ0) is 9.97. The van der Waals surface area contributed by atoms with E-state index in [4.69, 9.17) is 5.11 Å². The molecule has 0 atom stereocenters. The molecule has 0 aromatic carbocycles. The van der Waals surface area contributed by atoms with Gasteiger partial charge in [-0.3, -0.25) is 0 Å². The Balaban J connectivity index is 2.47. The Morgan fingerprint density at radius 2 is 2.14 bits per heavy atom. The van der Waals surface area contributed by atoms with Gasteiger partial charge in [0.25, 0.3) is 0 Å². The highest BCUT2D eigenvalue weighted by Crippen LogP contribution is 2.13. The van der Waals surface area contributed by atoms with Crippen molar-refractivity contribution >= 4 is 0 Å². The van der Waals surface area contributed by atoms with Crippen molar-refractivity contribution in [3.05, 3.63) is 36.2 Å². The Hall–Kier alpha value is -1.88. The summed E-state index contributed by atoms with van der Waals surface area (Å²) in [6.07, 6.45) is 3.03. The molecule has 0 radical (unpaired) electrons. The predicted octanol–water partition coefficient (Wildman–Crippen LogP) is 0.465. The summed E-state index contributed by atoms with van der Waals surface area (Å²) in [4.78, 5) is 4.02. The molecule has 2 N–H and O–H groups in total. The van der Waals surface area contributed by atoms with Crippen LogP contribution in [0.3, 0.4) is 0 Å². The average Bonchev–Trinajstić information content (AvgIpc) is 2.65. The van der Waals surface area contributed by atoms with Gasteiger partial charge in [0.1, 0.15) is 0 Å². The van der Waals surface area contributed by atoms with Crippen LogP contribution in [0, 0.1) is 0 Å². The summed E-state index contributed by atoms with van der Waals surface area (Å²) in [5.41, 5.74) is 0.727. The first-order valence-corrected chi connectivity index (χ1v) is 4.10. The topological polar surface area (TPSA) is 71.2 Å². The van der Waals surface area contributed by atoms with Crippen molar-refractivity contribution in [2.45, 2.75) is 6.61 Å². The van der Waals surface area contributed by atoms with Crippen LogP contribution in [0.1, 0.15) is 5.56 Å². The van der Waals surface area contributed by atoms with Gasteiger partial charge in [0, 0.05) is 12.3 Å². The molecular weight excluding hydrogens is 182 g/mol. The molecule has 0 aliphatic carbocycles. The number of aliphatic hydroxyl groups excluding tert-OH is 1. The summed E-state index contributed by atoms with van der Waals surface area (Å²) in [7, 11) is 0. The number of rotatable bonds is 2. The smallest absolute Gasteiger partial charge is 0.215 e. The molecular formula is C9H9N3O2. The SMILES string of the molecule is OCc1ccnc(-n2nccc2O)c1. The van der Waals surface area contributed by atoms with Crippen LogP contribution >= 0.6 is 0 Å². The van der Waals surface area contributed by atoms with Crippen molar-refractivity contribution in [2.75, 3.05) is 0 Å². The number of aromatic hydroxyl groups is 1. The van der Waals surface area contributed by atoms with Gasteiger partial charge in [-0.25, -0.2) is 4.98 Å². The van der Waals surface area contributed by atoms with Gasteiger partial charge in [0.2, 0.25) is 5.88 Å². The van der Waals surface area contributed by atoms with Gasteiger partial charge in [-0.2, -0.15) is 9.78 Å². The maximum atomic E-state index is 9.37. The highest BCUT2D eigenvalue weighted by atomic mass is 16.3. The average molecular weight is 191 g/mol. The summed E-state index contributed by atoms with van der Waals surface area (Å²) in [6, 6.07) is 4.82. The first kappa shape index (κ1) is 8.71. The van der Waals surface area contributed by atoms with Crippen LogP contribution in [-0.2, 0) is 6.61 Å². The second-order valence-electron chi connectivity index (χ2n) is 2.78. The summed E-state index contributed by atoms with van der Waals surface area (Å²) in [5, 5.41) is 22.2. The molecule has 72 valence electrons. The van der Waals surface area contributed by atoms with Crippen LogP contribution < -0.4 is 0 Å². The fourth-order valence-corrected chi connectivity index (χ4v) is 1.15. The zero-order valence-corrected chi connectivity index (χ0v) is 7.33. The minimum atomic E-state index is -0.0580. The quantitative estimate of drug-likeness (QED) is 0.723. The highest BCUT2D eigenvalue weighted by Gasteiger charge is 2.04. The van der Waals surface area contributed by atoms with Crippen molar-refractivity contribution in [1.82, 2.24) is 14.8 Å². The molecule has 0 spiro atoms. The Kier molecular flexibility index (Phi) is 2.16. The Morgan fingerprint density at radius 1 is 1.29 bits per heavy atom. The van der Waals surface area contributed by atoms with E-state index in [0.29, 0.717) is 5.82 Å². The summed E-state index contributed by atoms with van der Waals surface area (Å²) >= 11 is 0. The number of nitrogens with zero attached hydrogens (tertiary/aromatic N) is 3. The Bertz CT molecular complexity index is 439. The molecule has 0 fully saturated rings. The second-order valence-corrected chi connectivity index (χ2v) is 2.78. The van der Waals surface area contributed by atoms with E-state index in [1.165, 1.54) is 16.9 Å². The van der Waals surface area contributed by atoms with Crippen molar-refractivity contribution < 1.29 is 10.2 Å². The largest absolute Gasteiger partial charge is 0.493 e. The molecule has 0 aliphatic heterocycles. The maximum absolute atomic E-state index is 9.37. The Morgan fingerprint density at radius 3 is 2.79 bits per heavy atom. The molecule has 2 aromatic rings. The summed E-state index contributed by atoms with van der Waals surface area (Å²) < 4.78 is 1.29. The van der Waals surface area contributed by atoms with Crippen LogP contribution in [-0.4, -0.2) is 25.0 Å². The number of aromatic nitrogens is 3. The first-order chi connectivity index (χ1) is 6.81. The molecule has 0 saturated heterocycles. The van der Waals surface area contributed by atoms with E-state index in [1.54, 1.807) is 18.3 Å². The fraction of sp³-hybridized carbons (Fsp3) is 0.111. The van der Waals surface area contributed by atoms with Crippen molar-refractivity contribution in [2.24, 2.45) is 0 Å². The van der Waals surface area contributed by atoms with E-state index < -0.39 is 0 Å². The highest BCUT2D eigenvalue weighted by molar-refractivity contribution is 5.30. The van der Waals surface area contributed by atoms with Gasteiger partial charge < -0.3 is 10.2 Å². The van der Waals surface area contributed by atoms with E-state index >= 15 is 0 Å². The fourth-order valence-electron chi connectivity index (χ4n) is 1.15. The second kappa shape index (κ2) is 3.47. The summed E-state index contributed by atoms with van der Waals surface area (Å²) in [5.74, 6) is 0.506. The van der Waals surface area contributed by atoms with E-state index in [1.807, 2.05) is 0 Å². The third-order valence-electron chi connectivity index (χ3n) is 1.83.